The lowest BCUT2D eigenvalue weighted by atomic mass is 10.3. The molecule has 0 aliphatic carbocycles. The number of hydrogen-bond acceptors (Lipinski definition) is 3. The van der Waals surface area contributed by atoms with Crippen molar-refractivity contribution >= 4 is 23.2 Å². The highest BCUT2D eigenvalue weighted by molar-refractivity contribution is 6.30. The van der Waals surface area contributed by atoms with Crippen LogP contribution in [0.4, 0.5) is 0 Å². The third-order valence-corrected chi connectivity index (χ3v) is 3.50. The monoisotopic (exact) mass is 329 g/mol. The smallest absolute Gasteiger partial charge is 0.257 e. The van der Waals surface area contributed by atoms with Crippen LogP contribution in [0.15, 0.2) is 54.9 Å². The molecule has 1 amide bonds. The number of nitrogens with one attached hydrogen (secondary N) is 1. The van der Waals surface area contributed by atoms with Crippen molar-refractivity contribution in [1.29, 1.82) is 0 Å². The molecule has 3 rings (SSSR count). The van der Waals surface area contributed by atoms with Crippen molar-refractivity contribution in [1.82, 2.24) is 14.7 Å². The Kier molecular flexibility index (Phi) is 4.78. The summed E-state index contributed by atoms with van der Waals surface area (Å²) in [6.45, 7) is 0.513. The van der Waals surface area contributed by atoms with Gasteiger partial charge in [-0.2, -0.15) is 0 Å². The summed E-state index contributed by atoms with van der Waals surface area (Å²) in [6, 6.07) is 12.9. The Bertz CT molecular complexity index is 802. The van der Waals surface area contributed by atoms with E-state index < -0.39 is 0 Å². The maximum Gasteiger partial charge on any atom is 0.257 e. The van der Waals surface area contributed by atoms with Crippen LogP contribution in [0.25, 0.3) is 5.65 Å². The fourth-order valence-electron chi connectivity index (χ4n) is 2.18. The fourth-order valence-corrected chi connectivity index (χ4v) is 2.35. The molecular weight excluding hydrogens is 314 g/mol. The summed E-state index contributed by atoms with van der Waals surface area (Å²) >= 11 is 5.94. The minimum Gasteiger partial charge on any atom is -0.484 e. The number of pyridine rings is 1. The van der Waals surface area contributed by atoms with E-state index in [1.54, 1.807) is 12.3 Å². The zero-order valence-corrected chi connectivity index (χ0v) is 13.2. The highest BCUT2D eigenvalue weighted by atomic mass is 35.5. The van der Waals surface area contributed by atoms with Gasteiger partial charge in [0, 0.05) is 25.4 Å². The number of nitrogens with zero attached hydrogens (tertiary/aromatic N) is 2. The van der Waals surface area contributed by atoms with Gasteiger partial charge in [0.2, 0.25) is 0 Å². The molecule has 5 nitrogen and oxygen atoms in total. The van der Waals surface area contributed by atoms with Gasteiger partial charge in [-0.05, 0) is 24.3 Å². The maximum absolute atomic E-state index is 11.7. The number of carbonyl (C=O) groups excluding carboxylic acids is 1. The van der Waals surface area contributed by atoms with Gasteiger partial charge in [0.15, 0.2) is 6.61 Å². The highest BCUT2D eigenvalue weighted by Crippen LogP contribution is 2.12. The molecule has 0 fully saturated rings. The highest BCUT2D eigenvalue weighted by Gasteiger charge is 2.05. The number of halogens is 1. The topological polar surface area (TPSA) is 55.6 Å². The Balaban J connectivity index is 1.45. The number of ether oxygens (including phenoxy) is 1. The number of amides is 1. The first-order valence-electron chi connectivity index (χ1n) is 7.28. The van der Waals surface area contributed by atoms with Crippen molar-refractivity contribution < 1.29 is 9.53 Å². The average molecular weight is 330 g/mol. The van der Waals surface area contributed by atoms with Crippen molar-refractivity contribution in [3.8, 4) is 5.75 Å². The molecule has 2 aromatic heterocycles. The van der Waals surface area contributed by atoms with Crippen LogP contribution in [0.5, 0.6) is 5.75 Å². The quantitative estimate of drug-likeness (QED) is 0.756. The van der Waals surface area contributed by atoms with E-state index in [0.29, 0.717) is 23.7 Å². The molecule has 0 radical (unpaired) electrons. The molecule has 118 valence electrons. The molecule has 23 heavy (non-hydrogen) atoms. The molecule has 0 aliphatic rings. The summed E-state index contributed by atoms with van der Waals surface area (Å²) in [7, 11) is 0. The molecular formula is C17H16ClN3O2. The third kappa shape index (κ3) is 4.23. The summed E-state index contributed by atoms with van der Waals surface area (Å²) in [5.74, 6) is 0.528. The van der Waals surface area contributed by atoms with Gasteiger partial charge in [-0.3, -0.25) is 4.79 Å². The minimum absolute atomic E-state index is 0.00475. The van der Waals surface area contributed by atoms with Gasteiger partial charge in [-0.25, -0.2) is 4.98 Å². The molecule has 2 heterocycles. The maximum atomic E-state index is 11.7. The van der Waals surface area contributed by atoms with Crippen molar-refractivity contribution in [3.05, 3.63) is 65.6 Å². The molecule has 0 bridgehead atoms. The van der Waals surface area contributed by atoms with E-state index in [1.807, 2.05) is 47.0 Å². The van der Waals surface area contributed by atoms with Crippen LogP contribution in [0, 0.1) is 0 Å². The fraction of sp³-hybridized carbons (Fsp3) is 0.176. The Hall–Kier alpha value is -2.53. The summed E-state index contributed by atoms with van der Waals surface area (Å²) in [6.07, 6.45) is 4.36. The van der Waals surface area contributed by atoms with Crippen LogP contribution in [0.2, 0.25) is 5.02 Å². The summed E-state index contributed by atoms with van der Waals surface area (Å²) in [5, 5.41) is 3.48. The molecule has 1 N–H and O–H groups in total. The molecule has 0 unspecified atom stereocenters. The Labute approximate surface area is 138 Å². The number of aromatic nitrogens is 2. The zero-order valence-electron chi connectivity index (χ0n) is 12.4. The number of benzene rings is 1. The second-order valence-corrected chi connectivity index (χ2v) is 5.48. The van der Waals surface area contributed by atoms with Crippen LogP contribution in [-0.2, 0) is 11.2 Å². The normalized spacial score (nSPS) is 10.7. The lowest BCUT2D eigenvalue weighted by Gasteiger charge is -2.06. The second kappa shape index (κ2) is 7.15. The van der Waals surface area contributed by atoms with E-state index in [4.69, 9.17) is 16.3 Å². The van der Waals surface area contributed by atoms with E-state index in [0.717, 1.165) is 11.3 Å². The van der Waals surface area contributed by atoms with E-state index in [9.17, 15) is 4.79 Å². The van der Waals surface area contributed by atoms with Gasteiger partial charge >= 0.3 is 0 Å². The standard InChI is InChI=1S/C17H16ClN3O2/c18-13-6-7-16-20-14(11-21(16)10-13)8-9-19-17(22)12-23-15-4-2-1-3-5-15/h1-7,10-11H,8-9,12H2,(H,19,22). The van der Waals surface area contributed by atoms with E-state index in [1.165, 1.54) is 0 Å². The van der Waals surface area contributed by atoms with Crippen LogP contribution in [-0.4, -0.2) is 28.4 Å². The van der Waals surface area contributed by atoms with Crippen LogP contribution >= 0.6 is 11.6 Å². The molecule has 0 aliphatic heterocycles. The summed E-state index contributed by atoms with van der Waals surface area (Å²) in [5.41, 5.74) is 1.74. The average Bonchev–Trinajstić information content (AvgIpc) is 2.95. The Morgan fingerprint density at radius 3 is 2.83 bits per heavy atom. The van der Waals surface area contributed by atoms with Gasteiger partial charge in [-0.15, -0.1) is 0 Å². The first-order valence-corrected chi connectivity index (χ1v) is 7.66. The van der Waals surface area contributed by atoms with Crippen molar-refractivity contribution in [2.45, 2.75) is 6.42 Å². The molecule has 6 heteroatoms. The van der Waals surface area contributed by atoms with Crippen LogP contribution < -0.4 is 10.1 Å². The first kappa shape index (κ1) is 15.4. The van der Waals surface area contributed by atoms with Crippen molar-refractivity contribution in [2.75, 3.05) is 13.2 Å². The van der Waals surface area contributed by atoms with E-state index in [2.05, 4.69) is 10.3 Å². The number of fused-ring (bicyclic) bond motifs is 1. The first-order chi connectivity index (χ1) is 11.2. The van der Waals surface area contributed by atoms with E-state index in [-0.39, 0.29) is 12.5 Å². The molecule has 0 atom stereocenters. The molecule has 1 aromatic carbocycles. The number of imidazole rings is 1. The van der Waals surface area contributed by atoms with Gasteiger partial charge in [0.05, 0.1) is 10.7 Å². The lowest BCUT2D eigenvalue weighted by molar-refractivity contribution is -0.123. The van der Waals surface area contributed by atoms with Crippen molar-refractivity contribution in [3.63, 3.8) is 0 Å². The third-order valence-electron chi connectivity index (χ3n) is 3.28. The Morgan fingerprint density at radius 2 is 2.00 bits per heavy atom. The zero-order chi connectivity index (χ0) is 16.1. The predicted octanol–water partition coefficient (Wildman–Crippen LogP) is 2.73. The summed E-state index contributed by atoms with van der Waals surface area (Å²) in [4.78, 5) is 16.2. The van der Waals surface area contributed by atoms with Gasteiger partial charge < -0.3 is 14.5 Å². The number of hydrogen-bond donors (Lipinski definition) is 1. The molecule has 3 aromatic rings. The predicted molar refractivity (Wildman–Crippen MR) is 88.9 cm³/mol. The lowest BCUT2D eigenvalue weighted by Crippen LogP contribution is -2.30. The SMILES string of the molecule is O=C(COc1ccccc1)NCCc1cn2cc(Cl)ccc2n1. The van der Waals surface area contributed by atoms with Gasteiger partial charge in [-0.1, -0.05) is 29.8 Å². The minimum atomic E-state index is -0.152. The Morgan fingerprint density at radius 1 is 1.17 bits per heavy atom. The number of rotatable bonds is 6. The van der Waals surface area contributed by atoms with Crippen molar-refractivity contribution in [2.24, 2.45) is 0 Å². The molecule has 0 saturated heterocycles. The molecule has 0 spiro atoms. The van der Waals surface area contributed by atoms with Gasteiger partial charge in [0.1, 0.15) is 11.4 Å². The van der Waals surface area contributed by atoms with Crippen LogP contribution in [0.3, 0.4) is 0 Å². The second-order valence-electron chi connectivity index (χ2n) is 5.05. The van der Waals surface area contributed by atoms with Crippen LogP contribution in [0.1, 0.15) is 5.69 Å². The summed E-state index contributed by atoms with van der Waals surface area (Å²) < 4.78 is 7.26. The number of para-hydroxylation sites is 1. The van der Waals surface area contributed by atoms with Gasteiger partial charge in [0.25, 0.3) is 5.91 Å². The van der Waals surface area contributed by atoms with E-state index >= 15 is 0 Å². The number of carbonyl (C=O) groups is 1. The molecule has 0 saturated carbocycles. The largest absolute Gasteiger partial charge is 0.484 e.